The minimum absolute atomic E-state index is 0.0323. The van der Waals surface area contributed by atoms with Crippen molar-refractivity contribution >= 4 is 23.1 Å². The summed E-state index contributed by atoms with van der Waals surface area (Å²) in [6.45, 7) is 5.76. The van der Waals surface area contributed by atoms with E-state index in [0.29, 0.717) is 28.3 Å². The van der Waals surface area contributed by atoms with Gasteiger partial charge in [0.15, 0.2) is 0 Å². The highest BCUT2D eigenvalue weighted by molar-refractivity contribution is 6.45. The maximum Gasteiger partial charge on any atom is 0.282 e. The molecule has 0 saturated carbocycles. The molecule has 2 aliphatic rings. The van der Waals surface area contributed by atoms with E-state index in [-0.39, 0.29) is 18.1 Å². The van der Waals surface area contributed by atoms with Crippen LogP contribution in [0.3, 0.4) is 0 Å². The maximum atomic E-state index is 13.6. The molecule has 7 heteroatoms. The molecular formula is C26H30FN3O3. The Kier molecular flexibility index (Phi) is 6.51. The minimum Gasteiger partial charge on any atom is -0.491 e. The quantitative estimate of drug-likeness (QED) is 0.623. The second-order valence-corrected chi connectivity index (χ2v) is 8.98. The lowest BCUT2D eigenvalue weighted by atomic mass is 10.00. The van der Waals surface area contributed by atoms with Crippen LogP contribution in [0.5, 0.6) is 5.75 Å². The molecule has 1 saturated heterocycles. The minimum atomic E-state index is -0.421. The standard InChI is InChI=1S/C26H30FN3O3/c1-17(2)33-22-11-5-18(6-12-22)23-24(29(4)20-13-15-28(3)16-14-20)26(32)30(25(23)31)21-9-7-19(27)8-10-21/h5-12,17,20H,13-16H2,1-4H3. The van der Waals surface area contributed by atoms with Gasteiger partial charge in [-0.05, 0) is 88.8 Å². The highest BCUT2D eigenvalue weighted by Gasteiger charge is 2.43. The van der Waals surface area contributed by atoms with Crippen molar-refractivity contribution in [2.24, 2.45) is 0 Å². The molecule has 0 aliphatic carbocycles. The number of likely N-dealkylation sites (tertiary alicyclic amines) is 1. The number of imide groups is 1. The van der Waals surface area contributed by atoms with Crippen molar-refractivity contribution in [1.29, 1.82) is 0 Å². The number of piperidine rings is 1. The highest BCUT2D eigenvalue weighted by atomic mass is 19.1. The molecule has 2 aromatic rings. The van der Waals surface area contributed by atoms with Crippen molar-refractivity contribution < 1.29 is 18.7 Å². The Hall–Kier alpha value is -3.19. The zero-order chi connectivity index (χ0) is 23.7. The van der Waals surface area contributed by atoms with Gasteiger partial charge in [-0.15, -0.1) is 0 Å². The number of rotatable bonds is 6. The third-order valence-corrected chi connectivity index (χ3v) is 6.25. The Morgan fingerprint density at radius 3 is 2.15 bits per heavy atom. The Morgan fingerprint density at radius 1 is 0.970 bits per heavy atom. The van der Waals surface area contributed by atoms with E-state index in [1.165, 1.54) is 24.3 Å². The van der Waals surface area contributed by atoms with Crippen molar-refractivity contribution in [2.45, 2.75) is 38.8 Å². The first-order valence-electron chi connectivity index (χ1n) is 11.3. The van der Waals surface area contributed by atoms with E-state index in [2.05, 4.69) is 11.9 Å². The number of nitrogens with zero attached hydrogens (tertiary/aromatic N) is 3. The molecule has 0 unspecified atom stereocenters. The molecular weight excluding hydrogens is 421 g/mol. The number of hydrogen-bond donors (Lipinski definition) is 0. The number of halogens is 1. The largest absolute Gasteiger partial charge is 0.491 e. The van der Waals surface area contributed by atoms with Gasteiger partial charge in [0, 0.05) is 13.1 Å². The fourth-order valence-electron chi connectivity index (χ4n) is 4.47. The van der Waals surface area contributed by atoms with E-state index in [9.17, 15) is 14.0 Å². The molecule has 0 N–H and O–H groups in total. The average Bonchev–Trinajstić information content (AvgIpc) is 3.04. The van der Waals surface area contributed by atoms with E-state index < -0.39 is 11.7 Å². The van der Waals surface area contributed by atoms with Gasteiger partial charge >= 0.3 is 0 Å². The summed E-state index contributed by atoms with van der Waals surface area (Å²) in [4.78, 5) is 32.6. The third kappa shape index (κ3) is 4.64. The van der Waals surface area contributed by atoms with Crippen LogP contribution < -0.4 is 9.64 Å². The number of carbonyl (C=O) groups is 2. The molecule has 1 fully saturated rings. The van der Waals surface area contributed by atoms with Gasteiger partial charge in [-0.3, -0.25) is 9.59 Å². The summed E-state index contributed by atoms with van der Waals surface area (Å²) in [5.74, 6) is -0.508. The normalized spacial score (nSPS) is 17.9. The summed E-state index contributed by atoms with van der Waals surface area (Å²) in [6, 6.07) is 12.8. The second-order valence-electron chi connectivity index (χ2n) is 8.98. The predicted octanol–water partition coefficient (Wildman–Crippen LogP) is 3.92. The zero-order valence-corrected chi connectivity index (χ0v) is 19.5. The summed E-state index contributed by atoms with van der Waals surface area (Å²) in [7, 11) is 3.98. The van der Waals surface area contributed by atoms with Crippen molar-refractivity contribution in [3.05, 3.63) is 65.6 Å². The van der Waals surface area contributed by atoms with Crippen LogP contribution in [0.4, 0.5) is 10.1 Å². The van der Waals surface area contributed by atoms with Crippen molar-refractivity contribution in [1.82, 2.24) is 9.80 Å². The summed E-state index contributed by atoms with van der Waals surface area (Å²) in [6.07, 6.45) is 1.84. The summed E-state index contributed by atoms with van der Waals surface area (Å²) in [5, 5.41) is 0. The van der Waals surface area contributed by atoms with Crippen molar-refractivity contribution in [2.75, 3.05) is 32.1 Å². The SMILES string of the molecule is CC(C)Oc1ccc(C2=C(N(C)C3CCN(C)CC3)C(=O)N(c3ccc(F)cc3)C2=O)cc1. The fraction of sp³-hybridized carbons (Fsp3) is 0.385. The van der Waals surface area contributed by atoms with E-state index in [1.54, 1.807) is 0 Å². The van der Waals surface area contributed by atoms with Gasteiger partial charge in [0.05, 0.1) is 17.4 Å². The Labute approximate surface area is 194 Å². The number of ether oxygens (including phenoxy) is 1. The van der Waals surface area contributed by atoms with Crippen LogP contribution in [0.25, 0.3) is 5.57 Å². The fourth-order valence-corrected chi connectivity index (χ4v) is 4.47. The first-order chi connectivity index (χ1) is 15.8. The molecule has 33 heavy (non-hydrogen) atoms. The van der Waals surface area contributed by atoms with Crippen LogP contribution in [0.2, 0.25) is 0 Å². The number of carbonyl (C=O) groups excluding carboxylic acids is 2. The molecule has 0 spiro atoms. The highest BCUT2D eigenvalue weighted by Crippen LogP contribution is 2.36. The first kappa shape index (κ1) is 23.0. The summed E-state index contributed by atoms with van der Waals surface area (Å²) in [5.41, 5.74) is 1.76. The molecule has 4 rings (SSSR count). The van der Waals surface area contributed by atoms with Crippen LogP contribution in [0.1, 0.15) is 32.3 Å². The third-order valence-electron chi connectivity index (χ3n) is 6.25. The molecule has 2 heterocycles. The van der Waals surface area contributed by atoms with Gasteiger partial charge in [0.1, 0.15) is 17.3 Å². The Balaban J connectivity index is 1.74. The van der Waals surface area contributed by atoms with Crippen LogP contribution in [-0.4, -0.2) is 60.9 Å². The predicted molar refractivity (Wildman–Crippen MR) is 126 cm³/mol. The first-order valence-corrected chi connectivity index (χ1v) is 11.3. The van der Waals surface area contributed by atoms with E-state index in [1.807, 2.05) is 50.1 Å². The molecule has 2 aromatic carbocycles. The smallest absolute Gasteiger partial charge is 0.282 e. The van der Waals surface area contributed by atoms with Crippen molar-refractivity contribution in [3.63, 3.8) is 0 Å². The molecule has 6 nitrogen and oxygen atoms in total. The van der Waals surface area contributed by atoms with Crippen LogP contribution in [0, 0.1) is 5.82 Å². The summed E-state index contributed by atoms with van der Waals surface area (Å²) < 4.78 is 19.2. The molecule has 0 radical (unpaired) electrons. The topological polar surface area (TPSA) is 53.1 Å². The van der Waals surface area contributed by atoms with Crippen LogP contribution in [-0.2, 0) is 9.59 Å². The molecule has 174 valence electrons. The van der Waals surface area contributed by atoms with E-state index in [0.717, 1.165) is 30.8 Å². The van der Waals surface area contributed by atoms with Crippen molar-refractivity contribution in [3.8, 4) is 5.75 Å². The number of hydrogen-bond acceptors (Lipinski definition) is 5. The lowest BCUT2D eigenvalue weighted by Crippen LogP contribution is -2.43. The van der Waals surface area contributed by atoms with Crippen LogP contribution >= 0.6 is 0 Å². The molecule has 0 aromatic heterocycles. The average molecular weight is 452 g/mol. The van der Waals surface area contributed by atoms with Gasteiger partial charge in [0.25, 0.3) is 11.8 Å². The molecule has 0 atom stereocenters. The van der Waals surface area contributed by atoms with Crippen LogP contribution in [0.15, 0.2) is 54.2 Å². The monoisotopic (exact) mass is 451 g/mol. The number of likely N-dealkylation sites (N-methyl/N-ethyl adjacent to an activating group) is 1. The number of anilines is 1. The maximum absolute atomic E-state index is 13.6. The summed E-state index contributed by atoms with van der Waals surface area (Å²) >= 11 is 0. The van der Waals surface area contributed by atoms with Gasteiger partial charge < -0.3 is 14.5 Å². The van der Waals surface area contributed by atoms with Gasteiger partial charge in [-0.1, -0.05) is 12.1 Å². The van der Waals surface area contributed by atoms with E-state index in [4.69, 9.17) is 4.74 Å². The Morgan fingerprint density at radius 2 is 1.58 bits per heavy atom. The van der Waals surface area contributed by atoms with Gasteiger partial charge in [-0.2, -0.15) is 0 Å². The number of benzene rings is 2. The van der Waals surface area contributed by atoms with Gasteiger partial charge in [-0.25, -0.2) is 9.29 Å². The molecule has 0 bridgehead atoms. The lowest BCUT2D eigenvalue weighted by molar-refractivity contribution is -0.120. The molecule has 2 amide bonds. The second kappa shape index (κ2) is 9.35. The van der Waals surface area contributed by atoms with Gasteiger partial charge in [0.2, 0.25) is 0 Å². The Bertz CT molecular complexity index is 1060. The zero-order valence-electron chi connectivity index (χ0n) is 19.5. The lowest BCUT2D eigenvalue weighted by Gasteiger charge is -2.36. The number of amides is 2. The molecule has 2 aliphatic heterocycles. The van der Waals surface area contributed by atoms with E-state index >= 15 is 0 Å².